The van der Waals surface area contributed by atoms with Crippen molar-refractivity contribution in [1.29, 1.82) is 5.41 Å². The van der Waals surface area contributed by atoms with Crippen molar-refractivity contribution in [2.24, 2.45) is 0 Å². The van der Waals surface area contributed by atoms with E-state index in [1.165, 1.54) is 0 Å². The van der Waals surface area contributed by atoms with Gasteiger partial charge in [-0.3, -0.25) is 20.4 Å². The first-order chi connectivity index (χ1) is 6.93. The highest BCUT2D eigenvalue weighted by atomic mass is 79.9. The predicted octanol–water partition coefficient (Wildman–Crippen LogP) is -0.159. The van der Waals surface area contributed by atoms with Gasteiger partial charge in [0.05, 0.1) is 0 Å². The first-order valence-corrected chi connectivity index (χ1v) is 5.34. The van der Waals surface area contributed by atoms with Gasteiger partial charge in [-0.25, -0.2) is 4.79 Å². The molecule has 0 saturated carbocycles. The summed E-state index contributed by atoms with van der Waals surface area (Å²) < 4.78 is 0. The maximum absolute atomic E-state index is 11.6. The van der Waals surface area contributed by atoms with Gasteiger partial charge in [-0.05, 0) is 14.1 Å². The number of imide groups is 1. The number of carbonyl (C=O) groups is 2. The summed E-state index contributed by atoms with van der Waals surface area (Å²) in [5.74, 6) is -0.489. The van der Waals surface area contributed by atoms with Gasteiger partial charge in [-0.15, -0.1) is 0 Å². The van der Waals surface area contributed by atoms with Gasteiger partial charge in [-0.2, -0.15) is 0 Å². The molecule has 0 bridgehead atoms. The number of urea groups is 1. The van der Waals surface area contributed by atoms with Crippen LogP contribution in [-0.4, -0.2) is 59.6 Å². The highest BCUT2D eigenvalue weighted by Gasteiger charge is 2.36. The summed E-state index contributed by atoms with van der Waals surface area (Å²) >= 11 is 3.05. The van der Waals surface area contributed by atoms with Crippen molar-refractivity contribution < 1.29 is 9.59 Å². The number of hydrogen-bond donors (Lipinski definition) is 2. The Morgan fingerprint density at radius 1 is 1.53 bits per heavy atom. The first-order valence-electron chi connectivity index (χ1n) is 4.43. The van der Waals surface area contributed by atoms with E-state index >= 15 is 0 Å². The van der Waals surface area contributed by atoms with E-state index in [-0.39, 0.29) is 11.7 Å². The average Bonchev–Trinajstić information content (AvgIpc) is 2.14. The van der Waals surface area contributed by atoms with Crippen molar-refractivity contribution in [3.8, 4) is 0 Å². The van der Waals surface area contributed by atoms with Gasteiger partial charge >= 0.3 is 6.03 Å². The molecule has 15 heavy (non-hydrogen) atoms. The van der Waals surface area contributed by atoms with Crippen molar-refractivity contribution >= 4 is 33.7 Å². The highest BCUT2D eigenvalue weighted by Crippen LogP contribution is 2.11. The van der Waals surface area contributed by atoms with Crippen molar-refractivity contribution in [2.75, 3.05) is 27.2 Å². The zero-order valence-corrected chi connectivity index (χ0v) is 10.2. The monoisotopic (exact) mass is 276 g/mol. The van der Waals surface area contributed by atoms with Crippen molar-refractivity contribution in [3.63, 3.8) is 0 Å². The molecule has 0 aromatic rings. The molecule has 1 aliphatic heterocycles. The van der Waals surface area contributed by atoms with Crippen LogP contribution in [0.4, 0.5) is 4.79 Å². The minimum absolute atomic E-state index is 0.105. The third kappa shape index (κ3) is 2.75. The fourth-order valence-electron chi connectivity index (χ4n) is 1.12. The molecule has 0 radical (unpaired) electrons. The van der Waals surface area contributed by atoms with Crippen LogP contribution in [0.2, 0.25) is 0 Å². The maximum atomic E-state index is 11.6. The number of nitrogens with one attached hydrogen (secondary N) is 2. The van der Waals surface area contributed by atoms with E-state index < -0.39 is 10.9 Å². The van der Waals surface area contributed by atoms with Crippen LogP contribution in [0, 0.1) is 5.41 Å². The number of amidine groups is 1. The van der Waals surface area contributed by atoms with Crippen LogP contribution in [0.3, 0.4) is 0 Å². The molecule has 1 saturated heterocycles. The van der Waals surface area contributed by atoms with Gasteiger partial charge in [-0.1, -0.05) is 15.9 Å². The number of alkyl halides is 1. The lowest BCUT2D eigenvalue weighted by molar-refractivity contribution is -0.127. The molecule has 1 rings (SSSR count). The Morgan fingerprint density at radius 3 is 2.67 bits per heavy atom. The van der Waals surface area contributed by atoms with Crippen molar-refractivity contribution in [1.82, 2.24) is 15.1 Å². The van der Waals surface area contributed by atoms with Crippen LogP contribution in [0.1, 0.15) is 0 Å². The summed E-state index contributed by atoms with van der Waals surface area (Å²) in [5, 5.41) is 9.64. The molecular weight excluding hydrogens is 264 g/mol. The maximum Gasteiger partial charge on any atom is 0.329 e. The summed E-state index contributed by atoms with van der Waals surface area (Å²) in [7, 11) is 3.72. The van der Waals surface area contributed by atoms with Crippen LogP contribution in [0.25, 0.3) is 0 Å². The second-order valence-corrected chi connectivity index (χ2v) is 4.42. The van der Waals surface area contributed by atoms with Crippen LogP contribution in [0.5, 0.6) is 0 Å². The quantitative estimate of drug-likeness (QED) is 0.704. The SMILES string of the molecule is CN(C)CCN1C(=O)NC(=N)C(Br)C1=O. The lowest BCUT2D eigenvalue weighted by atomic mass is 10.3. The molecule has 0 aromatic carbocycles. The van der Waals surface area contributed by atoms with E-state index in [1.54, 1.807) is 0 Å². The zero-order valence-electron chi connectivity index (χ0n) is 8.58. The summed E-state index contributed by atoms with van der Waals surface area (Å²) in [6.07, 6.45) is 0. The second kappa shape index (κ2) is 4.71. The molecule has 3 amide bonds. The smallest absolute Gasteiger partial charge is 0.308 e. The molecule has 2 N–H and O–H groups in total. The van der Waals surface area contributed by atoms with Gasteiger partial charge in [0.2, 0.25) is 0 Å². The average molecular weight is 277 g/mol. The van der Waals surface area contributed by atoms with Crippen LogP contribution in [-0.2, 0) is 4.79 Å². The van der Waals surface area contributed by atoms with Gasteiger partial charge in [0.25, 0.3) is 5.91 Å². The molecule has 84 valence electrons. The number of carbonyl (C=O) groups excluding carboxylic acids is 2. The van der Waals surface area contributed by atoms with E-state index in [1.807, 2.05) is 19.0 Å². The Kier molecular flexibility index (Phi) is 3.81. The van der Waals surface area contributed by atoms with Gasteiger partial charge in [0.15, 0.2) is 4.83 Å². The number of nitrogens with zero attached hydrogens (tertiary/aromatic N) is 2. The summed E-state index contributed by atoms with van der Waals surface area (Å²) in [4.78, 5) is 25.3. The molecule has 1 fully saturated rings. The highest BCUT2D eigenvalue weighted by molar-refractivity contribution is 9.10. The minimum Gasteiger partial charge on any atom is -0.308 e. The minimum atomic E-state index is -0.739. The van der Waals surface area contributed by atoms with Gasteiger partial charge in [0.1, 0.15) is 5.84 Å². The lowest BCUT2D eigenvalue weighted by Gasteiger charge is -2.29. The topological polar surface area (TPSA) is 76.5 Å². The van der Waals surface area contributed by atoms with Crippen molar-refractivity contribution in [3.05, 3.63) is 0 Å². The number of hydrogen-bond acceptors (Lipinski definition) is 4. The molecule has 7 heteroatoms. The standard InChI is InChI=1S/C8H13BrN4O2/c1-12(2)3-4-13-7(14)5(9)6(10)11-8(13)15/h5H,3-4H2,1-2H3,(H2,10,11,15). The van der Waals surface area contributed by atoms with Crippen LogP contribution >= 0.6 is 15.9 Å². The van der Waals surface area contributed by atoms with Gasteiger partial charge in [0, 0.05) is 13.1 Å². The summed E-state index contributed by atoms with van der Waals surface area (Å²) in [6, 6.07) is -0.525. The second-order valence-electron chi connectivity index (χ2n) is 3.50. The van der Waals surface area contributed by atoms with E-state index in [9.17, 15) is 9.59 Å². The van der Waals surface area contributed by atoms with E-state index in [4.69, 9.17) is 5.41 Å². The molecule has 1 heterocycles. The molecule has 1 atom stereocenters. The van der Waals surface area contributed by atoms with Crippen molar-refractivity contribution in [2.45, 2.75) is 4.83 Å². The van der Waals surface area contributed by atoms with E-state index in [0.29, 0.717) is 13.1 Å². The number of halogens is 1. The fourth-order valence-corrected chi connectivity index (χ4v) is 1.48. The normalized spacial score (nSPS) is 22.3. The van der Waals surface area contributed by atoms with E-state index in [0.717, 1.165) is 4.90 Å². The Labute approximate surface area is 96.2 Å². The molecular formula is C8H13BrN4O2. The van der Waals surface area contributed by atoms with Crippen LogP contribution in [0.15, 0.2) is 0 Å². The molecule has 6 nitrogen and oxygen atoms in total. The van der Waals surface area contributed by atoms with Crippen LogP contribution < -0.4 is 5.32 Å². The molecule has 1 aliphatic rings. The summed E-state index contributed by atoms with van der Waals surface area (Å²) in [5.41, 5.74) is 0. The Balaban J connectivity index is 2.66. The molecule has 0 aliphatic carbocycles. The fraction of sp³-hybridized carbons (Fsp3) is 0.625. The Morgan fingerprint density at radius 2 is 2.13 bits per heavy atom. The largest absolute Gasteiger partial charge is 0.329 e. The van der Waals surface area contributed by atoms with E-state index in [2.05, 4.69) is 21.2 Å². The molecule has 0 aromatic heterocycles. The number of likely N-dealkylation sites (N-methyl/N-ethyl adjacent to an activating group) is 1. The number of rotatable bonds is 3. The summed E-state index contributed by atoms with van der Waals surface area (Å²) in [6.45, 7) is 0.930. The third-order valence-corrected chi connectivity index (χ3v) is 2.84. The number of amides is 3. The first kappa shape index (κ1) is 12.1. The third-order valence-electron chi connectivity index (χ3n) is 1.99. The lowest BCUT2D eigenvalue weighted by Crippen LogP contribution is -2.59. The van der Waals surface area contributed by atoms with Gasteiger partial charge < -0.3 is 4.90 Å². The molecule has 1 unspecified atom stereocenters. The Bertz CT molecular complexity index is 305. The molecule has 0 spiro atoms. The zero-order chi connectivity index (χ0) is 11.6. The predicted molar refractivity (Wildman–Crippen MR) is 59.2 cm³/mol. The Hall–Kier alpha value is -0.950.